The first-order valence-corrected chi connectivity index (χ1v) is 17.3. The molecule has 260 valence electrons. The Hall–Kier alpha value is -5.71. The standard InChI is InChI=1S/C28H24N3.3C7H7.Hf/c1-19-16-20(2)27(21(3)17-19)29-26-13-12-23-14-15-31(28(23)30-26)25-11-7-10-24(18-25)22-8-5-4-6-9-22;3*1-7-5-3-2-4-6-7;/h4-18H,1-3H3;3*2-6H,1H2;/q4*-1;+4. The van der Waals surface area contributed by atoms with E-state index in [-0.39, 0.29) is 25.8 Å². The van der Waals surface area contributed by atoms with Crippen molar-refractivity contribution in [3.63, 3.8) is 0 Å². The summed E-state index contributed by atoms with van der Waals surface area (Å²) in [6.45, 7) is 17.5. The van der Waals surface area contributed by atoms with Crippen LogP contribution in [0.15, 0.2) is 182 Å². The zero-order valence-electron chi connectivity index (χ0n) is 30.8. The summed E-state index contributed by atoms with van der Waals surface area (Å²) in [5.74, 6) is 0.724. The van der Waals surface area contributed by atoms with Crippen LogP contribution in [-0.2, 0) is 25.8 Å². The van der Waals surface area contributed by atoms with Gasteiger partial charge in [0.25, 0.3) is 0 Å². The summed E-state index contributed by atoms with van der Waals surface area (Å²) in [5, 5.41) is 5.99. The first-order valence-electron chi connectivity index (χ1n) is 17.3. The average molecular weight is 854 g/mol. The van der Waals surface area contributed by atoms with Crippen molar-refractivity contribution in [2.45, 2.75) is 20.8 Å². The molecule has 8 rings (SSSR count). The molecule has 4 heteroatoms. The van der Waals surface area contributed by atoms with Gasteiger partial charge in [0.1, 0.15) is 0 Å². The van der Waals surface area contributed by atoms with Crippen molar-refractivity contribution in [2.75, 3.05) is 0 Å². The van der Waals surface area contributed by atoms with Gasteiger partial charge in [0.15, 0.2) is 0 Å². The van der Waals surface area contributed by atoms with E-state index in [0.29, 0.717) is 0 Å². The molecular weight excluding hydrogens is 809 g/mol. The summed E-state index contributed by atoms with van der Waals surface area (Å²) in [6.07, 6.45) is 2.08. The number of aryl methyl sites for hydroxylation is 3. The Morgan fingerprint density at radius 1 is 0.491 bits per heavy atom. The molecule has 0 saturated carbocycles. The molecule has 0 N–H and O–H groups in total. The fraction of sp³-hybridized carbons (Fsp3) is 0.0612. The van der Waals surface area contributed by atoms with E-state index >= 15 is 0 Å². The van der Waals surface area contributed by atoms with Crippen LogP contribution >= 0.6 is 0 Å². The number of hydrogen-bond acceptors (Lipinski definition) is 1. The van der Waals surface area contributed by atoms with Crippen LogP contribution in [0.5, 0.6) is 0 Å². The van der Waals surface area contributed by atoms with E-state index in [4.69, 9.17) is 10.3 Å². The molecule has 0 atom stereocenters. The molecule has 0 amide bonds. The summed E-state index contributed by atoms with van der Waals surface area (Å²) in [7, 11) is 0. The van der Waals surface area contributed by atoms with Crippen LogP contribution in [-0.4, -0.2) is 9.55 Å². The molecule has 0 unspecified atom stereocenters. The molecule has 8 aromatic rings. The Morgan fingerprint density at radius 2 is 0.962 bits per heavy atom. The molecule has 6 aromatic carbocycles. The van der Waals surface area contributed by atoms with E-state index in [2.05, 4.69) is 125 Å². The van der Waals surface area contributed by atoms with Gasteiger partial charge in [0, 0.05) is 17.5 Å². The number of aromatic nitrogens is 2. The topological polar surface area (TPSA) is 31.9 Å². The quantitative estimate of drug-likeness (QED) is 0.128. The molecule has 0 bridgehead atoms. The van der Waals surface area contributed by atoms with Crippen LogP contribution in [0, 0.1) is 41.5 Å². The largest absolute Gasteiger partial charge is 4.00 e. The summed E-state index contributed by atoms with van der Waals surface area (Å²) >= 11 is 0. The van der Waals surface area contributed by atoms with E-state index in [0.717, 1.165) is 44.9 Å². The molecule has 0 aliphatic carbocycles. The van der Waals surface area contributed by atoms with Crippen LogP contribution in [0.1, 0.15) is 33.4 Å². The third-order valence-corrected chi connectivity index (χ3v) is 8.14. The summed E-state index contributed by atoms with van der Waals surface area (Å²) in [4.78, 5) is 4.91. The van der Waals surface area contributed by atoms with Crippen molar-refractivity contribution in [3.8, 4) is 16.8 Å². The van der Waals surface area contributed by atoms with Gasteiger partial charge in [-0.25, -0.2) is 0 Å². The Morgan fingerprint density at radius 3 is 1.43 bits per heavy atom. The smallest absolute Gasteiger partial charge is 0.436 e. The maximum Gasteiger partial charge on any atom is 4.00 e. The van der Waals surface area contributed by atoms with Crippen molar-refractivity contribution < 1.29 is 25.8 Å². The maximum atomic E-state index is 4.91. The Kier molecular flexibility index (Phi) is 15.4. The third-order valence-electron chi connectivity index (χ3n) is 8.14. The van der Waals surface area contributed by atoms with Crippen molar-refractivity contribution >= 4 is 22.5 Å². The van der Waals surface area contributed by atoms with Crippen LogP contribution in [0.25, 0.3) is 33.2 Å². The normalized spacial score (nSPS) is 9.87. The second kappa shape index (κ2) is 20.4. The van der Waals surface area contributed by atoms with Gasteiger partial charge in [0.2, 0.25) is 0 Å². The van der Waals surface area contributed by atoms with Crippen LogP contribution in [0.2, 0.25) is 0 Å². The second-order valence-electron chi connectivity index (χ2n) is 12.5. The van der Waals surface area contributed by atoms with Gasteiger partial charge in [-0.1, -0.05) is 96.3 Å². The maximum absolute atomic E-state index is 4.91. The minimum atomic E-state index is 0. The number of hydrogen-bond donors (Lipinski definition) is 0. The number of rotatable bonds is 4. The van der Waals surface area contributed by atoms with Gasteiger partial charge < -0.3 is 14.9 Å². The fourth-order valence-electron chi connectivity index (χ4n) is 5.63. The van der Waals surface area contributed by atoms with Gasteiger partial charge in [-0.2, -0.15) is 73.9 Å². The van der Waals surface area contributed by atoms with Gasteiger partial charge in [-0.3, -0.25) is 0 Å². The number of fused-ring (bicyclic) bond motifs is 1. The zero-order valence-corrected chi connectivity index (χ0v) is 34.4. The fourth-order valence-corrected chi connectivity index (χ4v) is 5.63. The summed E-state index contributed by atoms with van der Waals surface area (Å²) in [5.41, 5.74) is 12.2. The Balaban J connectivity index is 0.000000229. The monoisotopic (exact) mass is 855 g/mol. The van der Waals surface area contributed by atoms with Gasteiger partial charge in [-0.05, 0) is 72.3 Å². The third kappa shape index (κ3) is 12.2. The van der Waals surface area contributed by atoms with E-state index in [1.807, 2.05) is 103 Å². The second-order valence-corrected chi connectivity index (χ2v) is 12.5. The molecule has 53 heavy (non-hydrogen) atoms. The molecule has 0 fully saturated rings. The average Bonchev–Trinajstić information content (AvgIpc) is 3.59. The first-order chi connectivity index (χ1) is 25.3. The number of benzene rings is 6. The predicted octanol–water partition coefficient (Wildman–Crippen LogP) is 13.6. The van der Waals surface area contributed by atoms with Crippen molar-refractivity contribution in [2.24, 2.45) is 0 Å². The van der Waals surface area contributed by atoms with Crippen molar-refractivity contribution in [1.29, 1.82) is 0 Å². The minimum Gasteiger partial charge on any atom is -0.436 e. The van der Waals surface area contributed by atoms with E-state index in [1.54, 1.807) is 0 Å². The molecule has 0 aliphatic rings. The van der Waals surface area contributed by atoms with Gasteiger partial charge in [0.05, 0.1) is 0 Å². The number of pyridine rings is 1. The van der Waals surface area contributed by atoms with Crippen LogP contribution < -0.4 is 0 Å². The molecule has 0 radical (unpaired) electrons. The van der Waals surface area contributed by atoms with E-state index in [9.17, 15) is 0 Å². The predicted molar refractivity (Wildman–Crippen MR) is 223 cm³/mol. The van der Waals surface area contributed by atoms with Crippen LogP contribution in [0.3, 0.4) is 0 Å². The molecule has 2 aromatic heterocycles. The molecule has 2 heterocycles. The van der Waals surface area contributed by atoms with E-state index in [1.165, 1.54) is 27.8 Å². The van der Waals surface area contributed by atoms with Gasteiger partial charge in [-0.15, -0.1) is 36.4 Å². The number of nitrogens with zero attached hydrogens (tertiary/aromatic N) is 3. The zero-order chi connectivity index (χ0) is 36.7. The minimum absolute atomic E-state index is 0. The van der Waals surface area contributed by atoms with Crippen molar-refractivity contribution in [1.82, 2.24) is 9.55 Å². The summed E-state index contributed by atoms with van der Waals surface area (Å²) in [6, 6.07) is 59.1. The molecule has 0 spiro atoms. The Labute approximate surface area is 335 Å². The molecule has 3 nitrogen and oxygen atoms in total. The summed E-state index contributed by atoms with van der Waals surface area (Å²) < 4.78 is 2.13. The van der Waals surface area contributed by atoms with Crippen LogP contribution in [0.4, 0.5) is 11.5 Å². The van der Waals surface area contributed by atoms with Gasteiger partial charge >= 0.3 is 25.8 Å². The SMILES string of the molecule is Cc1cc(C)c([N-]c2ccc3ccn(-c4cccc(-c5ccccc5)c4)c3n2)c(C)c1.[CH2-]c1ccccc1.[CH2-]c1ccccc1.[CH2-]c1ccccc1.[Hf+4]. The van der Waals surface area contributed by atoms with E-state index < -0.39 is 0 Å². The molecule has 0 saturated heterocycles. The molecule has 0 aliphatic heterocycles. The molecular formula is C49H45HfN3. The first kappa shape index (κ1) is 40.1. The van der Waals surface area contributed by atoms with Crippen molar-refractivity contribution in [3.05, 3.63) is 242 Å². The Bertz CT molecular complexity index is 2150.